The van der Waals surface area contributed by atoms with E-state index in [4.69, 9.17) is 17.3 Å². The highest BCUT2D eigenvalue weighted by Crippen LogP contribution is 2.44. The zero-order chi connectivity index (χ0) is 12.2. The summed E-state index contributed by atoms with van der Waals surface area (Å²) < 4.78 is 0. The van der Waals surface area contributed by atoms with Crippen LogP contribution in [0.4, 0.5) is 0 Å². The van der Waals surface area contributed by atoms with Crippen molar-refractivity contribution in [1.82, 2.24) is 0 Å². The van der Waals surface area contributed by atoms with Crippen LogP contribution in [0.2, 0.25) is 0 Å². The molecular weight excluding hydrogens is 218 g/mol. The molecule has 1 saturated carbocycles. The Bertz CT molecular complexity index is 305. The van der Waals surface area contributed by atoms with E-state index < -0.39 is 0 Å². The van der Waals surface area contributed by atoms with Crippen molar-refractivity contribution in [3.63, 3.8) is 0 Å². The summed E-state index contributed by atoms with van der Waals surface area (Å²) in [4.78, 5) is 0. The molecule has 2 heteroatoms. The molecule has 0 spiro atoms. The quantitative estimate of drug-likeness (QED) is 0.693. The Morgan fingerprint density at radius 2 is 2.06 bits per heavy atom. The molecule has 0 heterocycles. The van der Waals surface area contributed by atoms with Gasteiger partial charge in [-0.1, -0.05) is 42.8 Å². The maximum atomic E-state index is 5.82. The Balaban J connectivity index is 2.41. The van der Waals surface area contributed by atoms with Crippen LogP contribution < -0.4 is 5.73 Å². The second kappa shape index (κ2) is 5.70. The van der Waals surface area contributed by atoms with E-state index in [1.165, 1.54) is 19.3 Å². The molecule has 0 aromatic heterocycles. The fourth-order valence-electron chi connectivity index (χ4n) is 2.12. The highest BCUT2D eigenvalue weighted by atomic mass is 35.5. The molecule has 1 aliphatic carbocycles. The first kappa shape index (κ1) is 13.5. The van der Waals surface area contributed by atoms with E-state index in [0.29, 0.717) is 10.4 Å². The minimum Gasteiger partial charge on any atom is -0.330 e. The molecule has 0 unspecified atom stereocenters. The summed E-state index contributed by atoms with van der Waals surface area (Å²) in [5.41, 5.74) is 8.36. The van der Waals surface area contributed by atoms with Crippen molar-refractivity contribution >= 4 is 11.6 Å². The standard InChI is InChI=1S/C14H22ClN/c1-11(9-12(2)13(3)15)5-8-14(10-16)6-4-7-14/h9H,1,3-8,10,16H2,2H3/b12-9-. The normalized spacial score (nSPS) is 19.1. The minimum atomic E-state index is 0.405. The zero-order valence-electron chi connectivity index (χ0n) is 10.2. The summed E-state index contributed by atoms with van der Waals surface area (Å²) in [5.74, 6) is 0. The predicted octanol–water partition coefficient (Wildman–Crippen LogP) is 4.15. The lowest BCUT2D eigenvalue weighted by molar-refractivity contribution is 0.131. The first-order valence-corrected chi connectivity index (χ1v) is 6.28. The molecular formula is C14H22ClN. The molecule has 0 aromatic carbocycles. The summed E-state index contributed by atoms with van der Waals surface area (Å²) in [6, 6.07) is 0. The fraction of sp³-hybridized carbons (Fsp3) is 0.571. The Morgan fingerprint density at radius 1 is 1.44 bits per heavy atom. The van der Waals surface area contributed by atoms with Gasteiger partial charge in [0, 0.05) is 5.03 Å². The largest absolute Gasteiger partial charge is 0.330 e. The Morgan fingerprint density at radius 3 is 2.44 bits per heavy atom. The van der Waals surface area contributed by atoms with Gasteiger partial charge in [0.2, 0.25) is 0 Å². The lowest BCUT2D eigenvalue weighted by Gasteiger charge is -2.41. The van der Waals surface area contributed by atoms with Crippen molar-refractivity contribution in [3.8, 4) is 0 Å². The third-order valence-corrected chi connectivity index (χ3v) is 3.97. The van der Waals surface area contributed by atoms with Crippen LogP contribution in [0, 0.1) is 5.41 Å². The van der Waals surface area contributed by atoms with Crippen molar-refractivity contribution < 1.29 is 0 Å². The lowest BCUT2D eigenvalue weighted by atomic mass is 9.66. The third kappa shape index (κ3) is 3.50. The molecule has 0 aliphatic heterocycles. The van der Waals surface area contributed by atoms with Crippen molar-refractivity contribution in [2.45, 2.75) is 39.0 Å². The number of rotatable bonds is 6. The van der Waals surface area contributed by atoms with Crippen LogP contribution in [-0.2, 0) is 0 Å². The highest BCUT2D eigenvalue weighted by molar-refractivity contribution is 6.31. The summed E-state index contributed by atoms with van der Waals surface area (Å²) in [5, 5.41) is 0.596. The van der Waals surface area contributed by atoms with Gasteiger partial charge >= 0.3 is 0 Å². The van der Waals surface area contributed by atoms with Gasteiger partial charge in [-0.15, -0.1) is 0 Å². The van der Waals surface area contributed by atoms with Gasteiger partial charge < -0.3 is 5.73 Å². The molecule has 0 atom stereocenters. The molecule has 0 bridgehead atoms. The SMILES string of the molecule is C=C(/C=C(/C)C(=C)Cl)CCC1(CN)CCC1. The minimum absolute atomic E-state index is 0.405. The van der Waals surface area contributed by atoms with E-state index in [-0.39, 0.29) is 0 Å². The van der Waals surface area contributed by atoms with Gasteiger partial charge in [0.15, 0.2) is 0 Å². The van der Waals surface area contributed by atoms with E-state index in [2.05, 4.69) is 13.2 Å². The second-order valence-corrected chi connectivity index (χ2v) is 5.40. The highest BCUT2D eigenvalue weighted by Gasteiger charge is 2.34. The van der Waals surface area contributed by atoms with Gasteiger partial charge in [-0.2, -0.15) is 0 Å². The molecule has 1 rings (SSSR count). The van der Waals surface area contributed by atoms with Gasteiger partial charge in [-0.25, -0.2) is 0 Å². The van der Waals surface area contributed by atoms with Gasteiger partial charge in [0.1, 0.15) is 0 Å². The lowest BCUT2D eigenvalue weighted by Crippen LogP contribution is -2.37. The maximum Gasteiger partial charge on any atom is 0.0363 e. The van der Waals surface area contributed by atoms with E-state index >= 15 is 0 Å². The summed E-state index contributed by atoms with van der Waals surface area (Å²) in [7, 11) is 0. The summed E-state index contributed by atoms with van der Waals surface area (Å²) >= 11 is 5.80. The number of halogens is 1. The van der Waals surface area contributed by atoms with Crippen molar-refractivity contribution in [2.75, 3.05) is 6.54 Å². The molecule has 0 amide bonds. The van der Waals surface area contributed by atoms with E-state index in [1.807, 2.05) is 13.0 Å². The fourth-order valence-corrected chi connectivity index (χ4v) is 2.17. The smallest absolute Gasteiger partial charge is 0.0363 e. The monoisotopic (exact) mass is 239 g/mol. The third-order valence-electron chi connectivity index (χ3n) is 3.67. The van der Waals surface area contributed by atoms with Crippen molar-refractivity contribution in [3.05, 3.63) is 35.4 Å². The molecule has 0 saturated heterocycles. The number of hydrogen-bond acceptors (Lipinski definition) is 1. The number of allylic oxidation sites excluding steroid dienone is 4. The molecule has 0 aromatic rings. The van der Waals surface area contributed by atoms with Gasteiger partial charge in [-0.3, -0.25) is 0 Å². The first-order chi connectivity index (χ1) is 7.49. The van der Waals surface area contributed by atoms with Gasteiger partial charge in [-0.05, 0) is 50.1 Å². The van der Waals surface area contributed by atoms with Crippen LogP contribution in [0.25, 0.3) is 0 Å². The number of hydrogen-bond donors (Lipinski definition) is 1. The predicted molar refractivity (Wildman–Crippen MR) is 72.5 cm³/mol. The van der Waals surface area contributed by atoms with E-state index in [9.17, 15) is 0 Å². The molecule has 16 heavy (non-hydrogen) atoms. The van der Waals surface area contributed by atoms with Crippen LogP contribution in [0.5, 0.6) is 0 Å². The Labute approximate surface area is 104 Å². The van der Waals surface area contributed by atoms with Crippen LogP contribution in [0.3, 0.4) is 0 Å². The van der Waals surface area contributed by atoms with Crippen molar-refractivity contribution in [2.24, 2.45) is 11.1 Å². The second-order valence-electron chi connectivity index (χ2n) is 4.95. The van der Waals surface area contributed by atoms with E-state index in [0.717, 1.165) is 30.5 Å². The summed E-state index contributed by atoms with van der Waals surface area (Å²) in [6.07, 6.45) is 8.08. The average Bonchev–Trinajstić information content (AvgIpc) is 2.16. The van der Waals surface area contributed by atoms with Gasteiger partial charge in [0.25, 0.3) is 0 Å². The van der Waals surface area contributed by atoms with E-state index in [1.54, 1.807) is 0 Å². The van der Waals surface area contributed by atoms with Crippen molar-refractivity contribution in [1.29, 1.82) is 0 Å². The Hall–Kier alpha value is -0.530. The first-order valence-electron chi connectivity index (χ1n) is 5.90. The zero-order valence-corrected chi connectivity index (χ0v) is 10.9. The van der Waals surface area contributed by atoms with Crippen LogP contribution in [-0.4, -0.2) is 6.54 Å². The number of nitrogens with two attached hydrogens (primary N) is 1. The summed E-state index contributed by atoms with van der Waals surface area (Å²) in [6.45, 7) is 10.5. The molecule has 0 radical (unpaired) electrons. The van der Waals surface area contributed by atoms with Crippen LogP contribution in [0.15, 0.2) is 35.4 Å². The maximum absolute atomic E-state index is 5.82. The molecule has 90 valence electrons. The average molecular weight is 240 g/mol. The van der Waals surface area contributed by atoms with Crippen LogP contribution in [0.1, 0.15) is 39.0 Å². The molecule has 2 N–H and O–H groups in total. The molecule has 1 fully saturated rings. The van der Waals surface area contributed by atoms with Gasteiger partial charge in [0.05, 0.1) is 0 Å². The Kier molecular flexibility index (Phi) is 4.82. The molecule has 1 nitrogen and oxygen atoms in total. The van der Waals surface area contributed by atoms with Crippen LogP contribution >= 0.6 is 11.6 Å². The molecule has 1 aliphatic rings. The topological polar surface area (TPSA) is 26.0 Å².